The summed E-state index contributed by atoms with van der Waals surface area (Å²) >= 11 is 3.35. The van der Waals surface area contributed by atoms with Crippen molar-refractivity contribution in [2.75, 3.05) is 75.2 Å². The summed E-state index contributed by atoms with van der Waals surface area (Å²) in [5, 5.41) is 24.8. The highest BCUT2D eigenvalue weighted by atomic mass is 79.9. The average molecular weight is 1340 g/mol. The Hall–Kier alpha value is -8.56. The Balaban J connectivity index is 0.000000166. The van der Waals surface area contributed by atoms with Gasteiger partial charge in [-0.3, -0.25) is 14.5 Å². The van der Waals surface area contributed by atoms with Gasteiger partial charge in [-0.25, -0.2) is 44.6 Å². The molecular weight excluding hydrogens is 1270 g/mol. The highest BCUT2D eigenvalue weighted by Gasteiger charge is 2.25. The van der Waals surface area contributed by atoms with E-state index in [-0.39, 0.29) is 33.3 Å². The molecule has 0 atom stereocenters. The lowest BCUT2D eigenvalue weighted by Crippen LogP contribution is -2.46. The number of fused-ring (bicyclic) bond motifs is 4. The van der Waals surface area contributed by atoms with E-state index in [0.29, 0.717) is 111 Å². The third-order valence-corrected chi connectivity index (χ3v) is 20.0. The summed E-state index contributed by atoms with van der Waals surface area (Å²) in [6, 6.07) is 35.2. The zero-order valence-corrected chi connectivity index (χ0v) is 53.2. The quantitative estimate of drug-likeness (QED) is 0.0373. The van der Waals surface area contributed by atoms with Gasteiger partial charge < -0.3 is 44.4 Å². The van der Waals surface area contributed by atoms with E-state index in [4.69, 9.17) is 5.11 Å². The number of aromatic nitrogens is 4. The molecular formula is C66H69BrF2N10O10S2. The molecule has 0 radical (unpaired) electrons. The number of aryl methyl sites for hydroxylation is 2. The molecule has 7 N–H and O–H groups in total. The van der Waals surface area contributed by atoms with E-state index in [9.17, 15) is 45.5 Å². The number of sulfonamides is 2. The average Bonchev–Trinajstić information content (AvgIpc) is 1.61. The van der Waals surface area contributed by atoms with Crippen LogP contribution in [0.3, 0.4) is 0 Å². The van der Waals surface area contributed by atoms with Crippen molar-refractivity contribution >= 4 is 103 Å². The molecule has 2 aliphatic rings. The number of hydrogen-bond donors (Lipinski definition) is 7. The minimum atomic E-state index is -3.66. The monoisotopic (exact) mass is 1340 g/mol. The number of anilines is 2. The third kappa shape index (κ3) is 14.9. The lowest BCUT2D eigenvalue weighted by molar-refractivity contribution is 0.0684. The molecule has 0 spiro atoms. The van der Waals surface area contributed by atoms with Gasteiger partial charge in [-0.1, -0.05) is 76.6 Å². The van der Waals surface area contributed by atoms with Gasteiger partial charge in [0, 0.05) is 148 Å². The molecule has 12 rings (SSSR count). The maximum atomic E-state index is 15.2. The number of carbonyl (C=O) groups is 2. The van der Waals surface area contributed by atoms with Crippen LogP contribution in [0, 0.1) is 11.6 Å². The maximum absolute atomic E-state index is 15.2. The van der Waals surface area contributed by atoms with Crippen molar-refractivity contribution in [2.45, 2.75) is 61.4 Å². The zero-order valence-electron chi connectivity index (χ0n) is 50.0. The normalized spacial score (nSPS) is 13.9. The topological polar surface area (TPSA) is 264 Å². The molecule has 2 fully saturated rings. The number of carboxylic acid groups (broad SMARTS) is 2. The lowest BCUT2D eigenvalue weighted by Gasteiger charge is -2.36. The Bertz CT molecular complexity index is 4660. The number of aromatic carboxylic acids is 2. The number of piperazine rings is 2. The molecule has 0 saturated carbocycles. The molecule has 0 aliphatic carbocycles. The first kappa shape index (κ1) is 65.4. The Morgan fingerprint density at radius 3 is 1.40 bits per heavy atom. The summed E-state index contributed by atoms with van der Waals surface area (Å²) in [6.07, 6.45) is 7.69. The number of carboxylic acids is 2. The second-order valence-corrected chi connectivity index (χ2v) is 26.1. The van der Waals surface area contributed by atoms with Crippen LogP contribution in [0.4, 0.5) is 20.2 Å². The van der Waals surface area contributed by atoms with Crippen LogP contribution < -0.4 is 35.4 Å². The van der Waals surface area contributed by atoms with Gasteiger partial charge >= 0.3 is 11.9 Å². The lowest BCUT2D eigenvalue weighted by atomic mass is 10.1. The zero-order chi connectivity index (χ0) is 64.6. The van der Waals surface area contributed by atoms with E-state index < -0.39 is 54.5 Å². The van der Waals surface area contributed by atoms with Gasteiger partial charge in [0.15, 0.2) is 0 Å². The molecule has 0 bridgehead atoms. The summed E-state index contributed by atoms with van der Waals surface area (Å²) in [6.45, 7) is 11.2. The number of nitrogens with zero attached hydrogens (tertiary/aromatic N) is 5. The van der Waals surface area contributed by atoms with E-state index in [1.165, 1.54) is 12.4 Å². The van der Waals surface area contributed by atoms with Crippen LogP contribution in [0.5, 0.6) is 0 Å². The standard InChI is InChI=1S/C33H34FN5O5S.C17H17BrN2O2S.C16H18FN3O3/c1-2-38-21-27(33(41)42)32(40)26-17-28(34)31(18-30(26)38)39-15-13-37(14-16-39)20-22-7-9-24(10-8-22)45(43,44)36-12-11-23-19-35-29-6-4-3-5-25(23)29;18-11-13-5-7-15(8-6-13)23(21,22)20-10-9-14-12-19-17-4-2-1-3-16(14)17;1-2-19-9-11(16(22)23)15(21)10-7-12(17)14(8-13(10)19)20-5-3-18-4-6-20/h3-10,17-19,21,35-36H,2,11-16,20H2,1H3,(H,41,42);1-8,12,19-20H,9-11H2;7-9,18H,2-6H2,1H3,(H,22,23). The van der Waals surface area contributed by atoms with Crippen molar-refractivity contribution < 1.29 is 45.4 Å². The molecule has 476 valence electrons. The first-order valence-electron chi connectivity index (χ1n) is 29.7. The van der Waals surface area contributed by atoms with E-state index >= 15 is 4.39 Å². The summed E-state index contributed by atoms with van der Waals surface area (Å²) in [7, 11) is -7.12. The molecule has 4 aromatic heterocycles. The fourth-order valence-corrected chi connectivity index (χ4v) is 13.9. The molecule has 6 heterocycles. The fourth-order valence-electron chi connectivity index (χ4n) is 11.4. The molecule has 20 nitrogen and oxygen atoms in total. The molecule has 91 heavy (non-hydrogen) atoms. The number of benzene rings is 6. The second-order valence-electron chi connectivity index (χ2n) is 22.0. The van der Waals surface area contributed by atoms with Gasteiger partial charge in [-0.05, 0) is 110 Å². The minimum Gasteiger partial charge on any atom is -0.477 e. The van der Waals surface area contributed by atoms with Crippen molar-refractivity contribution in [3.05, 3.63) is 212 Å². The van der Waals surface area contributed by atoms with Crippen LogP contribution in [0.25, 0.3) is 43.6 Å². The first-order valence-corrected chi connectivity index (χ1v) is 33.8. The maximum Gasteiger partial charge on any atom is 0.341 e. The summed E-state index contributed by atoms with van der Waals surface area (Å²) in [5.41, 5.74) is 6.07. The van der Waals surface area contributed by atoms with Crippen molar-refractivity contribution in [1.29, 1.82) is 0 Å². The Morgan fingerprint density at radius 1 is 0.560 bits per heavy atom. The van der Waals surface area contributed by atoms with E-state index in [1.54, 1.807) is 45.5 Å². The van der Waals surface area contributed by atoms with E-state index in [2.05, 4.69) is 45.6 Å². The molecule has 0 amide bonds. The van der Waals surface area contributed by atoms with Crippen LogP contribution >= 0.6 is 15.9 Å². The SMILES string of the molecule is CCn1cc(C(=O)O)c(=O)c2cc(F)c(N3CCN(Cc4ccc(S(=O)(=O)NCCc5c[nH]c6ccccc56)cc4)CC3)cc21.CCn1cc(C(=O)O)c(=O)c2cc(F)c(N3CCNCC3)cc21.O=S(=O)(NCCc1c[nH]c2ccccc12)c1ccc(CBr)cc1. The largest absolute Gasteiger partial charge is 0.477 e. The van der Waals surface area contributed by atoms with Crippen molar-refractivity contribution in [3.63, 3.8) is 0 Å². The number of aromatic amines is 2. The number of nitrogens with one attached hydrogen (secondary N) is 5. The Morgan fingerprint density at radius 2 is 0.978 bits per heavy atom. The first-order chi connectivity index (χ1) is 43.8. The smallest absolute Gasteiger partial charge is 0.341 e. The van der Waals surface area contributed by atoms with E-state index in [0.717, 1.165) is 69.3 Å². The number of pyridine rings is 2. The van der Waals surface area contributed by atoms with Crippen LogP contribution in [-0.2, 0) is 57.9 Å². The van der Waals surface area contributed by atoms with Gasteiger partial charge in [0.1, 0.15) is 22.8 Å². The molecule has 10 aromatic rings. The van der Waals surface area contributed by atoms with E-state index in [1.807, 2.05) is 109 Å². The predicted molar refractivity (Wildman–Crippen MR) is 354 cm³/mol. The predicted octanol–water partition coefficient (Wildman–Crippen LogP) is 9.04. The van der Waals surface area contributed by atoms with Crippen molar-refractivity contribution in [1.82, 2.24) is 38.8 Å². The van der Waals surface area contributed by atoms with Gasteiger partial charge in [0.05, 0.1) is 32.2 Å². The van der Waals surface area contributed by atoms with Crippen molar-refractivity contribution in [3.8, 4) is 0 Å². The van der Waals surface area contributed by atoms with Gasteiger partial charge in [-0.2, -0.15) is 0 Å². The number of halogens is 3. The number of rotatable bonds is 19. The Labute approximate surface area is 532 Å². The van der Waals surface area contributed by atoms with Crippen molar-refractivity contribution in [2.24, 2.45) is 0 Å². The second kappa shape index (κ2) is 28.7. The summed E-state index contributed by atoms with van der Waals surface area (Å²) in [5.74, 6) is -3.70. The van der Waals surface area contributed by atoms with Crippen LogP contribution in [-0.4, -0.2) is 128 Å². The van der Waals surface area contributed by atoms with Crippen LogP contribution in [0.15, 0.2) is 165 Å². The van der Waals surface area contributed by atoms with Crippen LogP contribution in [0.1, 0.15) is 56.8 Å². The molecule has 6 aromatic carbocycles. The number of hydrogen-bond acceptors (Lipinski definition) is 12. The van der Waals surface area contributed by atoms with Crippen LogP contribution in [0.2, 0.25) is 0 Å². The number of H-pyrrole nitrogens is 2. The number of para-hydroxylation sites is 2. The molecule has 2 saturated heterocycles. The Kier molecular flexibility index (Phi) is 20.6. The highest BCUT2D eigenvalue weighted by Crippen LogP contribution is 2.29. The summed E-state index contributed by atoms with van der Waals surface area (Å²) < 4.78 is 88.8. The van der Waals surface area contributed by atoms with Gasteiger partial charge in [-0.15, -0.1) is 0 Å². The number of alkyl halides is 1. The minimum absolute atomic E-state index is 0.0478. The molecule has 2 aliphatic heterocycles. The fraction of sp³-hybridized carbons (Fsp3) is 0.273. The third-order valence-electron chi connectivity index (χ3n) is 16.4. The molecule has 25 heteroatoms. The highest BCUT2D eigenvalue weighted by molar-refractivity contribution is 9.08. The van der Waals surface area contributed by atoms with Gasteiger partial charge in [0.25, 0.3) is 0 Å². The summed E-state index contributed by atoms with van der Waals surface area (Å²) in [4.78, 5) is 60.7. The van der Waals surface area contributed by atoms with Gasteiger partial charge in [0.2, 0.25) is 30.9 Å². The molecule has 0 unspecified atom stereocenters.